The Morgan fingerprint density at radius 3 is 1.41 bits per heavy atom. The van der Waals surface area contributed by atoms with Gasteiger partial charge in [0.1, 0.15) is 0 Å². The molecule has 5 heterocycles. The summed E-state index contributed by atoms with van der Waals surface area (Å²) in [6.45, 7) is 8.90. The minimum atomic E-state index is -0.190. The molecule has 5 nitrogen and oxygen atoms in total. The Morgan fingerprint density at radius 1 is 0.618 bits per heavy atom. The topological polar surface area (TPSA) is 85.9 Å². The molecule has 0 aliphatic carbocycles. The van der Waals surface area contributed by atoms with Crippen molar-refractivity contribution in [1.82, 2.24) is 9.97 Å². The second-order valence-corrected chi connectivity index (χ2v) is 8.89. The molecule has 3 aliphatic rings. The predicted molar refractivity (Wildman–Crippen MR) is 138 cm³/mol. The van der Waals surface area contributed by atoms with Gasteiger partial charge in [-0.2, -0.15) is 11.4 Å². The van der Waals surface area contributed by atoms with Crippen molar-refractivity contribution in [1.29, 1.82) is 0 Å². The van der Waals surface area contributed by atoms with Gasteiger partial charge in [0.2, 0.25) is 0 Å². The Morgan fingerprint density at radius 2 is 1.03 bits per heavy atom. The smallest absolute Gasteiger partial charge is 0.661 e. The van der Waals surface area contributed by atoms with Crippen molar-refractivity contribution in [3.05, 3.63) is 82.7 Å². The van der Waals surface area contributed by atoms with Crippen LogP contribution in [0.25, 0.3) is 12.2 Å². The molecule has 5 rings (SSSR count). The van der Waals surface area contributed by atoms with Gasteiger partial charge in [-0.1, -0.05) is 64.1 Å². The molecule has 0 aromatic carbocycles. The normalized spacial score (nSPS) is 22.0. The van der Waals surface area contributed by atoms with Crippen LogP contribution < -0.4 is 9.97 Å². The van der Waals surface area contributed by atoms with Crippen molar-refractivity contribution >= 4 is 23.6 Å². The molecule has 0 amide bonds. The molecule has 2 aromatic rings. The van der Waals surface area contributed by atoms with Crippen molar-refractivity contribution in [3.63, 3.8) is 0 Å². The molecule has 0 radical (unpaired) electrons. The Balaban J connectivity index is 0.00000162. The zero-order chi connectivity index (χ0) is 22.3. The van der Waals surface area contributed by atoms with Crippen LogP contribution in [0.15, 0.2) is 69.9 Å². The van der Waals surface area contributed by atoms with E-state index >= 15 is 0 Å². The van der Waals surface area contributed by atoms with Crippen LogP contribution in [-0.2, 0) is 30.4 Å². The molecular formula is C28H33N4OZn+. The van der Waals surface area contributed by atoms with E-state index in [-0.39, 0.29) is 35.8 Å². The van der Waals surface area contributed by atoms with Gasteiger partial charge in [-0.25, -0.2) is 0 Å². The molecule has 6 heteroatoms. The third-order valence-electron chi connectivity index (χ3n) is 7.61. The van der Waals surface area contributed by atoms with Crippen molar-refractivity contribution in [2.75, 3.05) is 0 Å². The van der Waals surface area contributed by atoms with Gasteiger partial charge in [0, 0.05) is 0 Å². The molecule has 0 saturated heterocycles. The molecule has 0 unspecified atom stereocenters. The van der Waals surface area contributed by atoms with Gasteiger partial charge < -0.3 is 15.4 Å². The molecule has 3 N–H and O–H groups in total. The first-order valence-electron chi connectivity index (χ1n) is 11.8. The van der Waals surface area contributed by atoms with Gasteiger partial charge in [0.05, 0.1) is 28.2 Å². The maximum absolute atomic E-state index is 5.03. The summed E-state index contributed by atoms with van der Waals surface area (Å²) in [4.78, 5) is 20.1. The van der Waals surface area contributed by atoms with Crippen molar-refractivity contribution in [2.24, 2.45) is 15.4 Å². The van der Waals surface area contributed by atoms with Crippen LogP contribution in [0.2, 0.25) is 0 Å². The first-order chi connectivity index (χ1) is 15.6. The number of rotatable bonds is 4. The average molecular weight is 507 g/mol. The number of nitrogens with zero attached hydrogens (tertiary/aromatic N) is 4. The van der Waals surface area contributed by atoms with Crippen LogP contribution in [0.1, 0.15) is 76.2 Å². The fourth-order valence-electron chi connectivity index (χ4n) is 5.41. The number of hydrogen-bond acceptors (Lipinski definition) is 2. The molecule has 0 fully saturated rings. The zero-order valence-electron chi connectivity index (χ0n) is 20.7. The van der Waals surface area contributed by atoms with Crippen LogP contribution in [-0.4, -0.2) is 11.4 Å². The largest absolute Gasteiger partial charge is 2.00 e. The van der Waals surface area contributed by atoms with Gasteiger partial charge in [-0.15, -0.1) is 11.4 Å². The summed E-state index contributed by atoms with van der Waals surface area (Å²) in [5.41, 5.74) is 7.77. The molecule has 8 bridgehead atoms. The molecule has 0 saturated carbocycles. The molecule has 172 valence electrons. The summed E-state index contributed by atoms with van der Waals surface area (Å²) < 4.78 is 0. The quantitative estimate of drug-likeness (QED) is 0.416. The average Bonchev–Trinajstić information content (AvgIpc) is 3.61. The third kappa shape index (κ3) is 3.97. The van der Waals surface area contributed by atoms with E-state index in [0.29, 0.717) is 0 Å². The Kier molecular flexibility index (Phi) is 7.64. The van der Waals surface area contributed by atoms with Crippen LogP contribution in [0.3, 0.4) is 0 Å². The Hall–Kier alpha value is -2.56. The fraction of sp³-hybridized carbons (Fsp3) is 0.357. The Bertz CT molecular complexity index is 1140. The number of allylic oxidation sites excluding steroid dienone is 4. The fourth-order valence-corrected chi connectivity index (χ4v) is 5.41. The van der Waals surface area contributed by atoms with Gasteiger partial charge >= 0.3 is 19.5 Å². The number of hydrogen-bond donors (Lipinski definition) is 0. The van der Waals surface area contributed by atoms with Gasteiger partial charge in [0.15, 0.2) is 0 Å². The third-order valence-corrected chi connectivity index (χ3v) is 7.61. The van der Waals surface area contributed by atoms with E-state index in [1.54, 1.807) is 0 Å². The molecule has 3 aliphatic heterocycles. The summed E-state index contributed by atoms with van der Waals surface area (Å²) in [6.07, 6.45) is 16.5. The minimum Gasteiger partial charge on any atom is -0.661 e. The summed E-state index contributed by atoms with van der Waals surface area (Å²) >= 11 is 0. The molecule has 0 atom stereocenters. The zero-order valence-corrected chi connectivity index (χ0v) is 23.6. The summed E-state index contributed by atoms with van der Waals surface area (Å²) in [5.74, 6) is 0. The van der Waals surface area contributed by atoms with E-state index in [1.807, 2.05) is 0 Å². The number of fused-ring (bicyclic) bond motifs is 6. The number of aliphatic imine (C=N–C) groups is 2. The second-order valence-electron chi connectivity index (χ2n) is 8.89. The maximum Gasteiger partial charge on any atom is 2.00 e. The summed E-state index contributed by atoms with van der Waals surface area (Å²) in [6, 6.07) is 8.53. The van der Waals surface area contributed by atoms with E-state index in [9.17, 15) is 0 Å². The predicted octanol–water partition coefficient (Wildman–Crippen LogP) is 5.31. The van der Waals surface area contributed by atoms with E-state index in [1.165, 1.54) is 0 Å². The van der Waals surface area contributed by atoms with Crippen LogP contribution in [0.5, 0.6) is 0 Å². The Labute approximate surface area is 215 Å². The van der Waals surface area contributed by atoms with Crippen molar-refractivity contribution in [3.8, 4) is 0 Å². The van der Waals surface area contributed by atoms with Crippen molar-refractivity contribution < 1.29 is 25.0 Å². The van der Waals surface area contributed by atoms with E-state index in [4.69, 9.17) is 20.0 Å². The van der Waals surface area contributed by atoms with Crippen LogP contribution in [0, 0.1) is 5.41 Å². The minimum absolute atomic E-state index is 0. The van der Waals surface area contributed by atoms with Crippen LogP contribution >= 0.6 is 0 Å². The van der Waals surface area contributed by atoms with E-state index in [2.05, 4.69) is 88.4 Å². The van der Waals surface area contributed by atoms with Gasteiger partial charge in [-0.05, 0) is 55.4 Å². The molecular weight excluding hydrogens is 474 g/mol. The maximum atomic E-state index is 5.03. The second kappa shape index (κ2) is 9.97. The summed E-state index contributed by atoms with van der Waals surface area (Å²) in [5, 5.41) is 0. The van der Waals surface area contributed by atoms with Crippen molar-refractivity contribution in [2.45, 2.75) is 58.8 Å². The molecule has 2 aromatic heterocycles. The van der Waals surface area contributed by atoms with Crippen LogP contribution in [0.4, 0.5) is 0 Å². The van der Waals surface area contributed by atoms with E-state index < -0.39 is 0 Å². The monoisotopic (exact) mass is 505 g/mol. The molecule has 0 spiro atoms. The first-order valence-corrected chi connectivity index (χ1v) is 11.8. The standard InChI is InChI=1S/C28H30N4.H2O.Zn/c1-5-27(6-2)23-13-9-19(29-23)17-21-11-15-25(31-21)28(7-3,8-4)26-16-12-22(32-26)18-20-10-14-24(27)30-20;;/h9-18H,5-8H2,1-4H3;1H2;/q-2;;+2/p+1/b19-17-,20-18-;;. The molecule has 34 heavy (non-hydrogen) atoms. The van der Waals surface area contributed by atoms with E-state index in [0.717, 1.165) is 71.3 Å². The SMILES string of the molecule is CCC1(CC)C2=N/C(=C\c3ccc([n-]3)C(CC)(CC)c3ccc([n-]3)/C=C3/C=CC1=N3)C=C2.[OH3+].[Zn+2]. The summed E-state index contributed by atoms with van der Waals surface area (Å²) in [7, 11) is 0. The van der Waals surface area contributed by atoms with Gasteiger partial charge in [0.25, 0.3) is 0 Å². The van der Waals surface area contributed by atoms with Gasteiger partial charge in [-0.3, -0.25) is 9.98 Å². The first kappa shape index (κ1) is 26.1. The number of aromatic nitrogens is 2.